The van der Waals surface area contributed by atoms with E-state index in [1.54, 1.807) is 12.7 Å². The number of furan rings is 1. The lowest BCUT2D eigenvalue weighted by Gasteiger charge is -2.18. The molecule has 0 spiro atoms. The van der Waals surface area contributed by atoms with Crippen LogP contribution in [-0.4, -0.2) is 20.8 Å². The molecule has 1 N–H and O–H groups in total. The van der Waals surface area contributed by atoms with Gasteiger partial charge in [0.15, 0.2) is 0 Å². The van der Waals surface area contributed by atoms with Crippen molar-refractivity contribution in [3.05, 3.63) is 47.7 Å². The van der Waals surface area contributed by atoms with Gasteiger partial charge in [-0.1, -0.05) is 11.6 Å². The minimum absolute atomic E-state index is 0.106. The Morgan fingerprint density at radius 3 is 2.95 bits per heavy atom. The molecule has 0 saturated carbocycles. The van der Waals surface area contributed by atoms with Crippen LogP contribution in [0, 0.1) is 0 Å². The fraction of sp³-hybridized carbons (Fsp3) is 0.333. The second kappa shape index (κ2) is 5.87. The highest BCUT2D eigenvalue weighted by Crippen LogP contribution is 2.26. The smallest absolute Gasteiger partial charge is 0.137 e. The van der Waals surface area contributed by atoms with E-state index in [1.807, 2.05) is 28.9 Å². The van der Waals surface area contributed by atoms with Gasteiger partial charge in [-0.15, -0.1) is 0 Å². The minimum Gasteiger partial charge on any atom is -0.459 e. The van der Waals surface area contributed by atoms with Crippen LogP contribution in [0.25, 0.3) is 11.0 Å². The van der Waals surface area contributed by atoms with E-state index in [-0.39, 0.29) is 12.1 Å². The molecule has 0 radical (unpaired) electrons. The van der Waals surface area contributed by atoms with Gasteiger partial charge in [0, 0.05) is 16.5 Å². The van der Waals surface area contributed by atoms with Gasteiger partial charge in [-0.05, 0) is 38.1 Å². The van der Waals surface area contributed by atoms with Crippen LogP contribution in [0.5, 0.6) is 0 Å². The average molecular weight is 305 g/mol. The fourth-order valence-electron chi connectivity index (χ4n) is 2.42. The molecule has 110 valence electrons. The van der Waals surface area contributed by atoms with Gasteiger partial charge < -0.3 is 9.73 Å². The Morgan fingerprint density at radius 1 is 1.33 bits per heavy atom. The summed E-state index contributed by atoms with van der Waals surface area (Å²) in [5.41, 5.74) is 0.854. The molecule has 0 unspecified atom stereocenters. The van der Waals surface area contributed by atoms with E-state index in [4.69, 9.17) is 16.0 Å². The van der Waals surface area contributed by atoms with Crippen molar-refractivity contribution in [3.8, 4) is 0 Å². The summed E-state index contributed by atoms with van der Waals surface area (Å²) >= 11 is 6.00. The zero-order chi connectivity index (χ0) is 14.8. The van der Waals surface area contributed by atoms with E-state index >= 15 is 0 Å². The zero-order valence-corrected chi connectivity index (χ0v) is 12.7. The normalized spacial score (nSPS) is 14.4. The van der Waals surface area contributed by atoms with Gasteiger partial charge in [-0.25, -0.2) is 4.98 Å². The largest absolute Gasteiger partial charge is 0.459 e. The van der Waals surface area contributed by atoms with Gasteiger partial charge in [0.25, 0.3) is 0 Å². The maximum absolute atomic E-state index is 6.00. The molecule has 2 atom stereocenters. The van der Waals surface area contributed by atoms with Crippen molar-refractivity contribution in [3.63, 3.8) is 0 Å². The lowest BCUT2D eigenvalue weighted by molar-refractivity contribution is 0.376. The topological polar surface area (TPSA) is 55.9 Å². The molecular formula is C15H17ClN4O. The highest BCUT2D eigenvalue weighted by Gasteiger charge is 2.14. The Kier molecular flexibility index (Phi) is 3.94. The summed E-state index contributed by atoms with van der Waals surface area (Å²) < 4.78 is 7.67. The predicted octanol–water partition coefficient (Wildman–Crippen LogP) is 3.42. The third kappa shape index (κ3) is 3.25. The third-order valence-corrected chi connectivity index (χ3v) is 3.62. The molecule has 3 aromatic rings. The monoisotopic (exact) mass is 304 g/mol. The van der Waals surface area contributed by atoms with Crippen molar-refractivity contribution in [2.24, 2.45) is 0 Å². The maximum Gasteiger partial charge on any atom is 0.137 e. The molecule has 0 amide bonds. The maximum atomic E-state index is 6.00. The van der Waals surface area contributed by atoms with E-state index in [0.29, 0.717) is 0 Å². The molecule has 0 fully saturated rings. The molecule has 21 heavy (non-hydrogen) atoms. The summed E-state index contributed by atoms with van der Waals surface area (Å²) in [7, 11) is 0. The summed E-state index contributed by atoms with van der Waals surface area (Å²) in [4.78, 5) is 3.94. The molecule has 0 aliphatic heterocycles. The van der Waals surface area contributed by atoms with E-state index in [0.717, 1.165) is 28.3 Å². The second-order valence-corrected chi connectivity index (χ2v) is 5.67. The Bertz CT molecular complexity index is 722. The standard InChI is InChI=1S/C15H17ClN4O/c1-10(7-20-9-17-8-18-20)19-11(2)15-6-12-5-13(16)3-4-14(12)21-15/h3-6,8-11,19H,7H2,1-2H3/t10-,11-/m0/s1. The Labute approximate surface area is 127 Å². The van der Waals surface area contributed by atoms with E-state index in [2.05, 4.69) is 29.2 Å². The van der Waals surface area contributed by atoms with Crippen LogP contribution in [0.2, 0.25) is 5.02 Å². The van der Waals surface area contributed by atoms with Gasteiger partial charge in [0.1, 0.15) is 24.0 Å². The number of halogens is 1. The van der Waals surface area contributed by atoms with Gasteiger partial charge in [-0.2, -0.15) is 5.10 Å². The zero-order valence-electron chi connectivity index (χ0n) is 12.0. The van der Waals surface area contributed by atoms with Gasteiger partial charge >= 0.3 is 0 Å². The second-order valence-electron chi connectivity index (χ2n) is 5.24. The first-order chi connectivity index (χ1) is 10.1. The van der Waals surface area contributed by atoms with Gasteiger partial charge in [-0.3, -0.25) is 4.68 Å². The number of nitrogens with one attached hydrogen (secondary N) is 1. The first-order valence-electron chi connectivity index (χ1n) is 6.89. The van der Waals surface area contributed by atoms with Crippen LogP contribution in [0.3, 0.4) is 0 Å². The first-order valence-corrected chi connectivity index (χ1v) is 7.27. The highest BCUT2D eigenvalue weighted by atomic mass is 35.5. The summed E-state index contributed by atoms with van der Waals surface area (Å²) in [6.07, 6.45) is 3.26. The van der Waals surface area contributed by atoms with Crippen LogP contribution in [0.15, 0.2) is 41.3 Å². The molecule has 0 aliphatic rings. The van der Waals surface area contributed by atoms with Crippen LogP contribution in [0.4, 0.5) is 0 Å². The quantitative estimate of drug-likeness (QED) is 0.785. The minimum atomic E-state index is 0.106. The number of rotatable bonds is 5. The summed E-state index contributed by atoms with van der Waals surface area (Å²) in [5.74, 6) is 0.901. The highest BCUT2D eigenvalue weighted by molar-refractivity contribution is 6.31. The molecule has 2 aromatic heterocycles. The van der Waals surface area contributed by atoms with Crippen molar-refractivity contribution in [1.29, 1.82) is 0 Å². The molecule has 2 heterocycles. The molecule has 6 heteroatoms. The van der Waals surface area contributed by atoms with Crippen molar-refractivity contribution in [1.82, 2.24) is 20.1 Å². The van der Waals surface area contributed by atoms with Gasteiger partial charge in [0.05, 0.1) is 12.6 Å². The number of aromatic nitrogens is 3. The van der Waals surface area contributed by atoms with E-state index in [9.17, 15) is 0 Å². The molecule has 1 aromatic carbocycles. The lowest BCUT2D eigenvalue weighted by Crippen LogP contribution is -2.32. The summed E-state index contributed by atoms with van der Waals surface area (Å²) in [6.45, 7) is 4.95. The van der Waals surface area contributed by atoms with Crippen molar-refractivity contribution in [2.75, 3.05) is 0 Å². The molecule has 0 aliphatic carbocycles. The number of fused-ring (bicyclic) bond motifs is 1. The molecule has 0 saturated heterocycles. The first kappa shape index (κ1) is 14.1. The Morgan fingerprint density at radius 2 is 2.19 bits per heavy atom. The van der Waals surface area contributed by atoms with Crippen molar-refractivity contribution < 1.29 is 4.42 Å². The number of nitrogens with zero attached hydrogens (tertiary/aromatic N) is 3. The SMILES string of the molecule is C[C@H](N[C@@H](C)Cn1cncn1)c1cc2cc(Cl)ccc2o1. The van der Waals surface area contributed by atoms with Crippen LogP contribution in [0.1, 0.15) is 25.6 Å². The van der Waals surface area contributed by atoms with Crippen LogP contribution >= 0.6 is 11.6 Å². The van der Waals surface area contributed by atoms with Gasteiger partial charge in [0.2, 0.25) is 0 Å². The lowest BCUT2D eigenvalue weighted by atomic mass is 10.2. The number of benzene rings is 1. The molecular weight excluding hydrogens is 288 g/mol. The van der Waals surface area contributed by atoms with Crippen LogP contribution < -0.4 is 5.32 Å². The third-order valence-electron chi connectivity index (χ3n) is 3.39. The Balaban J connectivity index is 1.69. The number of hydrogen-bond donors (Lipinski definition) is 1. The Hall–Kier alpha value is -1.85. The predicted molar refractivity (Wildman–Crippen MR) is 82.3 cm³/mol. The van der Waals surface area contributed by atoms with Crippen molar-refractivity contribution >= 4 is 22.6 Å². The van der Waals surface area contributed by atoms with E-state index in [1.165, 1.54) is 0 Å². The molecule has 0 bridgehead atoms. The fourth-order valence-corrected chi connectivity index (χ4v) is 2.60. The summed E-state index contributed by atoms with van der Waals surface area (Å²) in [6, 6.07) is 8.03. The molecule has 3 rings (SSSR count). The molecule has 5 nitrogen and oxygen atoms in total. The van der Waals surface area contributed by atoms with E-state index < -0.39 is 0 Å². The number of hydrogen-bond acceptors (Lipinski definition) is 4. The van der Waals surface area contributed by atoms with Crippen molar-refractivity contribution in [2.45, 2.75) is 32.5 Å². The average Bonchev–Trinajstić information content (AvgIpc) is 3.06. The van der Waals surface area contributed by atoms with Crippen LogP contribution in [-0.2, 0) is 6.54 Å². The summed E-state index contributed by atoms with van der Waals surface area (Å²) in [5, 5.41) is 9.34.